The molecule has 0 aromatic heterocycles. The van der Waals surface area contributed by atoms with Crippen LogP contribution in [-0.4, -0.2) is 65.5 Å². The Kier molecular flexibility index (Phi) is 8.23. The number of urea groups is 1. The molecule has 2 aliphatic heterocycles. The van der Waals surface area contributed by atoms with E-state index in [1.807, 2.05) is 50.2 Å². The zero-order chi connectivity index (χ0) is 26.5. The number of benzene rings is 2. The van der Waals surface area contributed by atoms with Crippen LogP contribution in [0.1, 0.15) is 49.3 Å². The van der Waals surface area contributed by atoms with E-state index in [0.717, 1.165) is 36.0 Å². The Balaban J connectivity index is 1.61. The number of aliphatic hydroxyl groups excluding tert-OH is 1. The first-order valence-corrected chi connectivity index (χ1v) is 12.8. The summed E-state index contributed by atoms with van der Waals surface area (Å²) >= 11 is 0. The third-order valence-corrected chi connectivity index (χ3v) is 6.97. The summed E-state index contributed by atoms with van der Waals surface area (Å²) in [6.45, 7) is 6.05. The van der Waals surface area contributed by atoms with Crippen molar-refractivity contribution in [1.29, 1.82) is 0 Å². The van der Waals surface area contributed by atoms with E-state index < -0.39 is 18.1 Å². The van der Waals surface area contributed by atoms with Crippen LogP contribution in [-0.2, 0) is 9.59 Å². The number of aliphatic hydroxyl groups is 1. The summed E-state index contributed by atoms with van der Waals surface area (Å²) in [6.07, 6.45) is 2.05. The zero-order valence-corrected chi connectivity index (χ0v) is 21.7. The van der Waals surface area contributed by atoms with Gasteiger partial charge in [-0.05, 0) is 69.7 Å². The molecule has 1 unspecified atom stereocenters. The van der Waals surface area contributed by atoms with Crippen molar-refractivity contribution >= 4 is 34.9 Å². The lowest BCUT2D eigenvalue weighted by atomic mass is 9.99. The smallest absolute Gasteiger partial charge is 0.321 e. The number of benzodiazepines with no additional fused rings is 1. The number of rotatable bonds is 6. The fraction of sp³-hybridized carbons (Fsp3) is 0.429. The SMILES string of the molecule is CC1=N[C@@H](NC(=O)Nc2cccc(C)c2)C(=O)N(CC(=O)N2CCCCC2CCO)c2c(C)cccc21. The van der Waals surface area contributed by atoms with Crippen LogP contribution in [0, 0.1) is 13.8 Å². The van der Waals surface area contributed by atoms with Gasteiger partial charge in [0.25, 0.3) is 5.91 Å². The number of carbonyl (C=O) groups excluding carboxylic acids is 3. The number of piperidine rings is 1. The van der Waals surface area contributed by atoms with E-state index in [1.165, 1.54) is 4.90 Å². The third kappa shape index (κ3) is 5.99. The molecule has 4 amide bonds. The van der Waals surface area contributed by atoms with E-state index in [9.17, 15) is 19.5 Å². The second-order valence-corrected chi connectivity index (χ2v) is 9.73. The first-order valence-electron chi connectivity index (χ1n) is 12.8. The highest BCUT2D eigenvalue weighted by atomic mass is 16.3. The van der Waals surface area contributed by atoms with Crippen molar-refractivity contribution in [2.75, 3.05) is 29.9 Å². The normalized spacial score (nSPS) is 19.6. The van der Waals surface area contributed by atoms with Crippen molar-refractivity contribution < 1.29 is 19.5 Å². The number of carbonyl (C=O) groups is 3. The van der Waals surface area contributed by atoms with Gasteiger partial charge in [-0.2, -0.15) is 0 Å². The van der Waals surface area contributed by atoms with Gasteiger partial charge in [0.05, 0.1) is 5.69 Å². The quantitative estimate of drug-likeness (QED) is 0.558. The Bertz CT molecular complexity index is 1210. The van der Waals surface area contributed by atoms with Gasteiger partial charge in [0.15, 0.2) is 0 Å². The van der Waals surface area contributed by atoms with Gasteiger partial charge in [0.1, 0.15) is 6.54 Å². The second kappa shape index (κ2) is 11.6. The highest BCUT2D eigenvalue weighted by molar-refractivity contribution is 6.14. The van der Waals surface area contributed by atoms with E-state index in [2.05, 4.69) is 15.6 Å². The summed E-state index contributed by atoms with van der Waals surface area (Å²) in [5.41, 5.74) is 4.40. The molecule has 2 aliphatic rings. The van der Waals surface area contributed by atoms with Crippen molar-refractivity contribution in [3.63, 3.8) is 0 Å². The molecule has 2 aromatic carbocycles. The van der Waals surface area contributed by atoms with Gasteiger partial charge >= 0.3 is 6.03 Å². The van der Waals surface area contributed by atoms with E-state index in [1.54, 1.807) is 17.9 Å². The molecule has 2 aromatic rings. The van der Waals surface area contributed by atoms with Crippen LogP contribution in [0.3, 0.4) is 0 Å². The van der Waals surface area contributed by atoms with Crippen molar-refractivity contribution in [3.05, 3.63) is 59.2 Å². The summed E-state index contributed by atoms with van der Waals surface area (Å²) in [5.74, 6) is -0.654. The van der Waals surface area contributed by atoms with Crippen LogP contribution in [0.25, 0.3) is 0 Å². The second-order valence-electron chi connectivity index (χ2n) is 9.73. The van der Waals surface area contributed by atoms with E-state index in [4.69, 9.17) is 0 Å². The number of hydrogen-bond donors (Lipinski definition) is 3. The number of aryl methyl sites for hydroxylation is 2. The number of para-hydroxylation sites is 1. The molecule has 9 heteroatoms. The lowest BCUT2D eigenvalue weighted by Gasteiger charge is -2.37. The third-order valence-electron chi connectivity index (χ3n) is 6.97. The zero-order valence-electron chi connectivity index (χ0n) is 21.7. The van der Waals surface area contributed by atoms with Gasteiger partial charge in [-0.25, -0.2) is 4.79 Å². The number of aliphatic imine (C=N–C) groups is 1. The predicted molar refractivity (Wildman–Crippen MR) is 144 cm³/mol. The van der Waals surface area contributed by atoms with Crippen LogP contribution in [0.15, 0.2) is 47.5 Å². The molecule has 9 nitrogen and oxygen atoms in total. The molecule has 1 fully saturated rings. The van der Waals surface area contributed by atoms with Crippen molar-refractivity contribution in [2.45, 2.75) is 58.7 Å². The molecule has 0 spiro atoms. The number of hydrogen-bond acceptors (Lipinski definition) is 5. The molecule has 0 bridgehead atoms. The topological polar surface area (TPSA) is 114 Å². The van der Waals surface area contributed by atoms with Gasteiger partial charge in [-0.15, -0.1) is 0 Å². The van der Waals surface area contributed by atoms with Crippen molar-refractivity contribution in [3.8, 4) is 0 Å². The number of nitrogens with zero attached hydrogens (tertiary/aromatic N) is 3. The summed E-state index contributed by atoms with van der Waals surface area (Å²) < 4.78 is 0. The van der Waals surface area contributed by atoms with Gasteiger partial charge in [-0.1, -0.05) is 30.3 Å². The molecule has 0 radical (unpaired) electrons. The van der Waals surface area contributed by atoms with Gasteiger partial charge in [-0.3, -0.25) is 19.5 Å². The molecule has 196 valence electrons. The van der Waals surface area contributed by atoms with Crippen molar-refractivity contribution in [1.82, 2.24) is 10.2 Å². The maximum absolute atomic E-state index is 13.8. The van der Waals surface area contributed by atoms with E-state index in [0.29, 0.717) is 30.1 Å². The maximum atomic E-state index is 13.8. The standard InChI is InChI=1S/C28H35N5O4/c1-18-8-6-10-21(16-18)30-28(37)31-26-27(36)33(25-19(2)9-7-12-23(25)20(3)29-26)17-24(35)32-14-5-4-11-22(32)13-15-34/h6-10,12,16,22,26,34H,4-5,11,13-15,17H2,1-3H3,(H2,30,31,37)/t22?,26-/m0/s1. The first kappa shape index (κ1) is 26.3. The Hall–Kier alpha value is -3.72. The lowest BCUT2D eigenvalue weighted by molar-refractivity contribution is -0.135. The van der Waals surface area contributed by atoms with Crippen molar-refractivity contribution in [2.24, 2.45) is 4.99 Å². The number of nitrogens with one attached hydrogen (secondary N) is 2. The van der Waals surface area contributed by atoms with Crippen LogP contribution in [0.2, 0.25) is 0 Å². The minimum Gasteiger partial charge on any atom is -0.396 e. The number of amides is 4. The van der Waals surface area contributed by atoms with Crippen LogP contribution < -0.4 is 15.5 Å². The fourth-order valence-electron chi connectivity index (χ4n) is 5.15. The highest BCUT2D eigenvalue weighted by Gasteiger charge is 2.36. The Morgan fingerprint density at radius 3 is 2.65 bits per heavy atom. The molecule has 0 aliphatic carbocycles. The highest BCUT2D eigenvalue weighted by Crippen LogP contribution is 2.30. The maximum Gasteiger partial charge on any atom is 0.321 e. The molecule has 0 saturated carbocycles. The molecule has 37 heavy (non-hydrogen) atoms. The minimum absolute atomic E-state index is 0.00805. The Labute approximate surface area is 217 Å². The fourth-order valence-corrected chi connectivity index (χ4v) is 5.15. The van der Waals surface area contributed by atoms with E-state index >= 15 is 0 Å². The molecule has 2 atom stereocenters. The summed E-state index contributed by atoms with van der Waals surface area (Å²) in [5, 5.41) is 14.9. The number of fused-ring (bicyclic) bond motifs is 1. The summed E-state index contributed by atoms with van der Waals surface area (Å²) in [7, 11) is 0. The predicted octanol–water partition coefficient (Wildman–Crippen LogP) is 3.37. The average molecular weight is 506 g/mol. The summed E-state index contributed by atoms with van der Waals surface area (Å²) in [4.78, 5) is 48.0. The first-order chi connectivity index (χ1) is 17.8. The number of likely N-dealkylation sites (tertiary alicyclic amines) is 1. The van der Waals surface area contributed by atoms with Gasteiger partial charge in [0, 0.05) is 36.2 Å². The monoisotopic (exact) mass is 505 g/mol. The largest absolute Gasteiger partial charge is 0.396 e. The molecular formula is C28H35N5O4. The van der Waals surface area contributed by atoms with E-state index in [-0.39, 0.29) is 25.1 Å². The Morgan fingerprint density at radius 1 is 1.11 bits per heavy atom. The van der Waals surface area contributed by atoms with Gasteiger partial charge in [0.2, 0.25) is 12.1 Å². The Morgan fingerprint density at radius 2 is 1.89 bits per heavy atom. The van der Waals surface area contributed by atoms with Crippen LogP contribution >= 0.6 is 0 Å². The molecule has 2 heterocycles. The molecule has 4 rings (SSSR count). The van der Waals surface area contributed by atoms with Crippen LogP contribution in [0.4, 0.5) is 16.2 Å². The summed E-state index contributed by atoms with van der Waals surface area (Å²) in [6, 6.07) is 12.4. The molecule has 3 N–H and O–H groups in total. The molecule has 1 saturated heterocycles. The lowest BCUT2D eigenvalue weighted by Crippen LogP contribution is -2.53. The molecular weight excluding hydrogens is 470 g/mol. The minimum atomic E-state index is -1.20. The number of anilines is 2. The van der Waals surface area contributed by atoms with Crippen LogP contribution in [0.5, 0.6) is 0 Å². The van der Waals surface area contributed by atoms with Gasteiger partial charge < -0.3 is 20.6 Å². The average Bonchev–Trinajstić information content (AvgIpc) is 2.95.